The lowest BCUT2D eigenvalue weighted by molar-refractivity contribution is 0.0265. The molecular formula is C10H12BrNO3S. The number of hydrogen-bond acceptors (Lipinski definition) is 4. The molecular weight excluding hydrogens is 294 g/mol. The molecule has 1 fully saturated rings. The average molecular weight is 306 g/mol. The van der Waals surface area contributed by atoms with Crippen LogP contribution in [0.5, 0.6) is 0 Å². The summed E-state index contributed by atoms with van der Waals surface area (Å²) in [5, 5.41) is 12.7. The lowest BCUT2D eigenvalue weighted by Gasteiger charge is -2.20. The lowest BCUT2D eigenvalue weighted by Crippen LogP contribution is -2.43. The van der Waals surface area contributed by atoms with Crippen molar-refractivity contribution < 1.29 is 14.6 Å². The van der Waals surface area contributed by atoms with Crippen LogP contribution in [0.15, 0.2) is 15.9 Å². The normalized spacial score (nSPS) is 24.6. The standard InChI is InChI=1S/C10H12BrNO3S/c11-8-2-1-7(16-8)9(13)12-5-10(14)3-4-15-6-10/h1-2,14H,3-6H2,(H,12,13). The Labute approximate surface area is 106 Å². The first-order valence-corrected chi connectivity index (χ1v) is 6.54. The van der Waals surface area contributed by atoms with E-state index in [-0.39, 0.29) is 12.5 Å². The van der Waals surface area contributed by atoms with Crippen molar-refractivity contribution >= 4 is 33.2 Å². The van der Waals surface area contributed by atoms with Crippen LogP contribution in [0.3, 0.4) is 0 Å². The van der Waals surface area contributed by atoms with Gasteiger partial charge in [-0.3, -0.25) is 4.79 Å². The van der Waals surface area contributed by atoms with Crippen molar-refractivity contribution in [2.45, 2.75) is 12.0 Å². The fourth-order valence-corrected chi connectivity index (χ4v) is 2.81. The van der Waals surface area contributed by atoms with Crippen molar-refractivity contribution in [2.24, 2.45) is 0 Å². The topological polar surface area (TPSA) is 58.6 Å². The number of carbonyl (C=O) groups excluding carboxylic acids is 1. The second kappa shape index (κ2) is 4.83. The van der Waals surface area contributed by atoms with Crippen LogP contribution in [0.4, 0.5) is 0 Å². The Morgan fingerprint density at radius 1 is 1.69 bits per heavy atom. The van der Waals surface area contributed by atoms with E-state index in [0.29, 0.717) is 24.5 Å². The molecule has 2 rings (SSSR count). The third-order valence-electron chi connectivity index (χ3n) is 2.46. The molecule has 0 aliphatic carbocycles. The number of aliphatic hydroxyl groups is 1. The number of halogens is 1. The average Bonchev–Trinajstić information content (AvgIpc) is 2.85. The third kappa shape index (κ3) is 2.82. The summed E-state index contributed by atoms with van der Waals surface area (Å²) in [4.78, 5) is 12.3. The third-order valence-corrected chi connectivity index (χ3v) is 4.08. The molecule has 0 saturated carbocycles. The van der Waals surface area contributed by atoms with E-state index >= 15 is 0 Å². The van der Waals surface area contributed by atoms with Crippen LogP contribution >= 0.6 is 27.3 Å². The lowest BCUT2D eigenvalue weighted by atomic mass is 10.0. The number of hydrogen-bond donors (Lipinski definition) is 2. The van der Waals surface area contributed by atoms with E-state index in [1.54, 1.807) is 6.07 Å². The summed E-state index contributed by atoms with van der Waals surface area (Å²) in [7, 11) is 0. The van der Waals surface area contributed by atoms with Crippen molar-refractivity contribution in [3.8, 4) is 0 Å². The zero-order valence-corrected chi connectivity index (χ0v) is 10.9. The predicted molar refractivity (Wildman–Crippen MR) is 64.7 cm³/mol. The van der Waals surface area contributed by atoms with E-state index in [4.69, 9.17) is 4.74 Å². The van der Waals surface area contributed by atoms with Gasteiger partial charge in [-0.15, -0.1) is 11.3 Å². The van der Waals surface area contributed by atoms with Crippen molar-refractivity contribution in [3.63, 3.8) is 0 Å². The monoisotopic (exact) mass is 305 g/mol. The summed E-state index contributed by atoms with van der Waals surface area (Å²) in [6.07, 6.45) is 0.571. The maximum absolute atomic E-state index is 11.7. The van der Waals surface area contributed by atoms with Crippen LogP contribution in [-0.2, 0) is 4.74 Å². The van der Waals surface area contributed by atoms with Crippen molar-refractivity contribution in [2.75, 3.05) is 19.8 Å². The second-order valence-electron chi connectivity index (χ2n) is 3.81. The summed E-state index contributed by atoms with van der Waals surface area (Å²) < 4.78 is 6.01. The van der Waals surface area contributed by atoms with Gasteiger partial charge in [-0.25, -0.2) is 0 Å². The maximum atomic E-state index is 11.7. The van der Waals surface area contributed by atoms with E-state index < -0.39 is 5.60 Å². The fraction of sp³-hybridized carbons (Fsp3) is 0.500. The summed E-state index contributed by atoms with van der Waals surface area (Å²) in [5.41, 5.74) is -0.899. The number of carbonyl (C=O) groups is 1. The van der Waals surface area contributed by atoms with E-state index in [9.17, 15) is 9.90 Å². The highest BCUT2D eigenvalue weighted by atomic mass is 79.9. The van der Waals surface area contributed by atoms with Crippen molar-refractivity contribution in [1.82, 2.24) is 5.32 Å². The van der Waals surface area contributed by atoms with Gasteiger partial charge < -0.3 is 15.2 Å². The highest BCUT2D eigenvalue weighted by molar-refractivity contribution is 9.11. The maximum Gasteiger partial charge on any atom is 0.261 e. The van der Waals surface area contributed by atoms with Gasteiger partial charge in [-0.2, -0.15) is 0 Å². The minimum Gasteiger partial charge on any atom is -0.386 e. The smallest absolute Gasteiger partial charge is 0.261 e. The van der Waals surface area contributed by atoms with Gasteiger partial charge in [0, 0.05) is 19.6 Å². The predicted octanol–water partition coefficient (Wildman–Crippen LogP) is 1.39. The molecule has 1 aliphatic rings. The summed E-state index contributed by atoms with van der Waals surface area (Å²) in [6, 6.07) is 3.58. The highest BCUT2D eigenvalue weighted by Gasteiger charge is 2.32. The SMILES string of the molecule is O=C(NCC1(O)CCOC1)c1ccc(Br)s1. The molecule has 0 bridgehead atoms. The van der Waals surface area contributed by atoms with Gasteiger partial charge in [0.1, 0.15) is 5.60 Å². The molecule has 1 aromatic rings. The quantitative estimate of drug-likeness (QED) is 0.887. The fourth-order valence-electron chi connectivity index (χ4n) is 1.50. The van der Waals surface area contributed by atoms with Gasteiger partial charge >= 0.3 is 0 Å². The Balaban J connectivity index is 1.88. The molecule has 1 atom stereocenters. The first-order chi connectivity index (χ1) is 7.59. The molecule has 1 aromatic heterocycles. The Morgan fingerprint density at radius 2 is 2.50 bits per heavy atom. The Morgan fingerprint density at radius 3 is 3.06 bits per heavy atom. The number of rotatable bonds is 3. The number of ether oxygens (including phenoxy) is 1. The molecule has 0 radical (unpaired) electrons. The number of nitrogens with one attached hydrogen (secondary N) is 1. The molecule has 2 heterocycles. The minimum absolute atomic E-state index is 0.156. The van der Waals surface area contributed by atoms with Crippen LogP contribution in [-0.4, -0.2) is 36.4 Å². The molecule has 0 spiro atoms. The van der Waals surface area contributed by atoms with Gasteiger partial charge in [-0.05, 0) is 28.1 Å². The van der Waals surface area contributed by atoms with Gasteiger partial charge in [0.2, 0.25) is 0 Å². The zero-order chi connectivity index (χ0) is 11.6. The molecule has 1 unspecified atom stereocenters. The highest BCUT2D eigenvalue weighted by Crippen LogP contribution is 2.22. The molecule has 1 saturated heterocycles. The number of thiophene rings is 1. The molecule has 1 aliphatic heterocycles. The van der Waals surface area contributed by atoms with Gasteiger partial charge in [0.15, 0.2) is 0 Å². The van der Waals surface area contributed by atoms with Crippen LogP contribution < -0.4 is 5.32 Å². The molecule has 6 heteroatoms. The van der Waals surface area contributed by atoms with Crippen LogP contribution in [0.1, 0.15) is 16.1 Å². The largest absolute Gasteiger partial charge is 0.386 e. The van der Waals surface area contributed by atoms with Gasteiger partial charge in [-0.1, -0.05) is 0 Å². The first kappa shape index (κ1) is 12.0. The van der Waals surface area contributed by atoms with E-state index in [1.807, 2.05) is 6.07 Å². The molecule has 0 aromatic carbocycles. The Bertz CT molecular complexity index is 387. The molecule has 88 valence electrons. The van der Waals surface area contributed by atoms with Gasteiger partial charge in [0.05, 0.1) is 15.3 Å². The molecule has 4 nitrogen and oxygen atoms in total. The van der Waals surface area contributed by atoms with E-state index in [2.05, 4.69) is 21.2 Å². The summed E-state index contributed by atoms with van der Waals surface area (Å²) >= 11 is 4.67. The first-order valence-electron chi connectivity index (χ1n) is 4.93. The van der Waals surface area contributed by atoms with Crippen molar-refractivity contribution in [1.29, 1.82) is 0 Å². The Hall–Kier alpha value is -0.430. The molecule has 1 amide bonds. The van der Waals surface area contributed by atoms with Crippen LogP contribution in [0, 0.1) is 0 Å². The summed E-state index contributed by atoms with van der Waals surface area (Å²) in [5.74, 6) is -0.156. The molecule has 2 N–H and O–H groups in total. The van der Waals surface area contributed by atoms with Crippen molar-refractivity contribution in [3.05, 3.63) is 20.8 Å². The summed E-state index contributed by atoms with van der Waals surface area (Å²) in [6.45, 7) is 1.08. The van der Waals surface area contributed by atoms with Gasteiger partial charge in [0.25, 0.3) is 5.91 Å². The van der Waals surface area contributed by atoms with Crippen LogP contribution in [0.2, 0.25) is 0 Å². The zero-order valence-electron chi connectivity index (χ0n) is 8.53. The van der Waals surface area contributed by atoms with Crippen LogP contribution in [0.25, 0.3) is 0 Å². The van der Waals surface area contributed by atoms with E-state index in [0.717, 1.165) is 3.79 Å². The number of amides is 1. The Kier molecular flexibility index (Phi) is 3.63. The molecule has 16 heavy (non-hydrogen) atoms. The minimum atomic E-state index is -0.899. The van der Waals surface area contributed by atoms with E-state index in [1.165, 1.54) is 11.3 Å². The second-order valence-corrected chi connectivity index (χ2v) is 6.28.